The van der Waals surface area contributed by atoms with Gasteiger partial charge in [-0.25, -0.2) is 5.10 Å². The summed E-state index contributed by atoms with van der Waals surface area (Å²) in [4.78, 5) is 11.3. The van der Waals surface area contributed by atoms with Crippen molar-refractivity contribution >= 4 is 5.57 Å². The van der Waals surface area contributed by atoms with Gasteiger partial charge in [-0.1, -0.05) is 18.2 Å². The SMILES string of the molecule is O=c1[nH]nccc1C1=CCCC=C1. The molecule has 0 bridgehead atoms. The maximum absolute atomic E-state index is 11.3. The smallest absolute Gasteiger partial charge is 0.267 e. The molecule has 2 rings (SSSR count). The van der Waals surface area contributed by atoms with Crippen molar-refractivity contribution in [1.29, 1.82) is 0 Å². The van der Waals surface area contributed by atoms with Crippen LogP contribution in [0.15, 0.2) is 35.3 Å². The van der Waals surface area contributed by atoms with Gasteiger partial charge in [-0.05, 0) is 24.5 Å². The number of rotatable bonds is 1. The number of aromatic nitrogens is 2. The second-order valence-electron chi connectivity index (χ2n) is 2.94. The predicted octanol–water partition coefficient (Wildman–Crippen LogP) is 1.50. The Morgan fingerprint density at radius 3 is 3.00 bits per heavy atom. The average Bonchev–Trinajstić information content (AvgIpc) is 2.20. The minimum Gasteiger partial charge on any atom is -0.267 e. The Hall–Kier alpha value is -1.64. The number of nitrogens with one attached hydrogen (secondary N) is 1. The highest BCUT2D eigenvalue weighted by Crippen LogP contribution is 2.17. The van der Waals surface area contributed by atoms with E-state index >= 15 is 0 Å². The molecule has 0 amide bonds. The minimum absolute atomic E-state index is 0.125. The molecule has 3 nitrogen and oxygen atoms in total. The Morgan fingerprint density at radius 1 is 1.38 bits per heavy atom. The minimum atomic E-state index is -0.125. The number of hydrogen-bond acceptors (Lipinski definition) is 2. The first-order valence-electron chi connectivity index (χ1n) is 4.29. The third-order valence-electron chi connectivity index (χ3n) is 2.03. The Kier molecular flexibility index (Phi) is 2.08. The molecule has 0 aliphatic heterocycles. The first kappa shape index (κ1) is 7.98. The lowest BCUT2D eigenvalue weighted by atomic mass is 10.0. The van der Waals surface area contributed by atoms with Crippen LogP contribution in [-0.4, -0.2) is 10.2 Å². The van der Waals surface area contributed by atoms with E-state index in [0.29, 0.717) is 5.56 Å². The summed E-state index contributed by atoms with van der Waals surface area (Å²) >= 11 is 0. The van der Waals surface area contributed by atoms with Crippen molar-refractivity contribution < 1.29 is 0 Å². The largest absolute Gasteiger partial charge is 0.272 e. The van der Waals surface area contributed by atoms with E-state index in [4.69, 9.17) is 0 Å². The highest BCUT2D eigenvalue weighted by Gasteiger charge is 2.04. The second kappa shape index (κ2) is 3.39. The molecule has 0 radical (unpaired) electrons. The van der Waals surface area contributed by atoms with Crippen molar-refractivity contribution in [2.24, 2.45) is 0 Å². The molecule has 1 aromatic rings. The van der Waals surface area contributed by atoms with E-state index in [-0.39, 0.29) is 5.56 Å². The van der Waals surface area contributed by atoms with Crippen molar-refractivity contribution in [1.82, 2.24) is 10.2 Å². The van der Waals surface area contributed by atoms with Crippen LogP contribution in [0.1, 0.15) is 18.4 Å². The van der Waals surface area contributed by atoms with Gasteiger partial charge in [0.2, 0.25) is 0 Å². The molecule has 0 unspecified atom stereocenters. The quantitative estimate of drug-likeness (QED) is 0.701. The van der Waals surface area contributed by atoms with Crippen molar-refractivity contribution in [2.75, 3.05) is 0 Å². The van der Waals surface area contributed by atoms with Crippen LogP contribution in [-0.2, 0) is 0 Å². The first-order valence-corrected chi connectivity index (χ1v) is 4.29. The van der Waals surface area contributed by atoms with Crippen molar-refractivity contribution in [2.45, 2.75) is 12.8 Å². The number of aromatic amines is 1. The Morgan fingerprint density at radius 2 is 2.31 bits per heavy atom. The van der Waals surface area contributed by atoms with E-state index in [1.165, 1.54) is 0 Å². The van der Waals surface area contributed by atoms with Crippen LogP contribution in [0.4, 0.5) is 0 Å². The standard InChI is InChI=1S/C10H10N2O/c13-10-9(6-7-11-12-10)8-4-2-1-3-5-8/h2,4-7H,1,3H2,(H,12,13). The van der Waals surface area contributed by atoms with Gasteiger partial charge in [0.15, 0.2) is 0 Å². The average molecular weight is 174 g/mol. The normalized spacial score (nSPS) is 15.5. The molecule has 13 heavy (non-hydrogen) atoms. The Bertz CT molecular complexity index is 415. The maximum atomic E-state index is 11.3. The van der Waals surface area contributed by atoms with Crippen molar-refractivity contribution in [3.05, 3.63) is 46.4 Å². The third-order valence-corrected chi connectivity index (χ3v) is 2.03. The molecule has 0 saturated carbocycles. The molecule has 1 aromatic heterocycles. The molecule has 0 fully saturated rings. The fourth-order valence-corrected chi connectivity index (χ4v) is 1.38. The van der Waals surface area contributed by atoms with Gasteiger partial charge in [-0.2, -0.15) is 5.10 Å². The molecule has 66 valence electrons. The van der Waals surface area contributed by atoms with E-state index in [9.17, 15) is 4.79 Å². The summed E-state index contributed by atoms with van der Waals surface area (Å²) in [5.74, 6) is 0. The van der Waals surface area contributed by atoms with E-state index in [1.54, 1.807) is 12.3 Å². The van der Waals surface area contributed by atoms with Crippen LogP contribution in [0.2, 0.25) is 0 Å². The lowest BCUT2D eigenvalue weighted by Crippen LogP contribution is -2.12. The van der Waals surface area contributed by atoms with Crippen LogP contribution < -0.4 is 5.56 Å². The van der Waals surface area contributed by atoms with Gasteiger partial charge in [-0.15, -0.1) is 0 Å². The van der Waals surface area contributed by atoms with Gasteiger partial charge in [0.05, 0.1) is 0 Å². The van der Waals surface area contributed by atoms with Crippen molar-refractivity contribution in [3.8, 4) is 0 Å². The first-order chi connectivity index (χ1) is 6.38. The molecular formula is C10H10N2O. The van der Waals surface area contributed by atoms with E-state index in [1.807, 2.05) is 6.08 Å². The van der Waals surface area contributed by atoms with Gasteiger partial charge in [0.25, 0.3) is 5.56 Å². The molecule has 0 aromatic carbocycles. The second-order valence-corrected chi connectivity index (χ2v) is 2.94. The van der Waals surface area contributed by atoms with Gasteiger partial charge < -0.3 is 0 Å². The Labute approximate surface area is 75.8 Å². The molecule has 1 N–H and O–H groups in total. The van der Waals surface area contributed by atoms with Crippen LogP contribution in [0.5, 0.6) is 0 Å². The van der Waals surface area contributed by atoms with Gasteiger partial charge in [-0.3, -0.25) is 4.79 Å². The van der Waals surface area contributed by atoms with Crippen LogP contribution >= 0.6 is 0 Å². The summed E-state index contributed by atoms with van der Waals surface area (Å²) in [7, 11) is 0. The van der Waals surface area contributed by atoms with Gasteiger partial charge in [0, 0.05) is 11.8 Å². The molecular weight excluding hydrogens is 164 g/mol. The zero-order chi connectivity index (χ0) is 9.10. The number of allylic oxidation sites excluding steroid dienone is 4. The van der Waals surface area contributed by atoms with Crippen LogP contribution in [0.25, 0.3) is 5.57 Å². The lowest BCUT2D eigenvalue weighted by molar-refractivity contribution is 0.977. The molecule has 1 heterocycles. The summed E-state index contributed by atoms with van der Waals surface area (Å²) in [5, 5.41) is 6.07. The van der Waals surface area contributed by atoms with E-state index in [0.717, 1.165) is 18.4 Å². The monoisotopic (exact) mass is 174 g/mol. The topological polar surface area (TPSA) is 45.8 Å². The van der Waals surface area contributed by atoms with E-state index in [2.05, 4.69) is 22.3 Å². The highest BCUT2D eigenvalue weighted by molar-refractivity contribution is 5.73. The number of hydrogen-bond donors (Lipinski definition) is 1. The zero-order valence-electron chi connectivity index (χ0n) is 7.16. The molecule has 0 spiro atoms. The zero-order valence-corrected chi connectivity index (χ0v) is 7.16. The number of H-pyrrole nitrogens is 1. The summed E-state index contributed by atoms with van der Waals surface area (Å²) < 4.78 is 0. The molecule has 1 aliphatic carbocycles. The lowest BCUT2D eigenvalue weighted by Gasteiger charge is -2.04. The maximum Gasteiger partial charge on any atom is 0.272 e. The molecule has 0 atom stereocenters. The highest BCUT2D eigenvalue weighted by atomic mass is 16.1. The molecule has 0 saturated heterocycles. The van der Waals surface area contributed by atoms with E-state index < -0.39 is 0 Å². The van der Waals surface area contributed by atoms with Gasteiger partial charge >= 0.3 is 0 Å². The predicted molar refractivity (Wildman–Crippen MR) is 51.2 cm³/mol. The molecule has 3 heteroatoms. The summed E-state index contributed by atoms with van der Waals surface area (Å²) in [6, 6.07) is 1.74. The molecule has 1 aliphatic rings. The fraction of sp³-hybridized carbons (Fsp3) is 0.200. The summed E-state index contributed by atoms with van der Waals surface area (Å²) in [5.41, 5.74) is 1.57. The number of nitrogens with zero attached hydrogens (tertiary/aromatic N) is 1. The van der Waals surface area contributed by atoms with Crippen molar-refractivity contribution in [3.63, 3.8) is 0 Å². The Balaban J connectivity index is 2.46. The van der Waals surface area contributed by atoms with Crippen LogP contribution in [0, 0.1) is 0 Å². The van der Waals surface area contributed by atoms with Crippen LogP contribution in [0.3, 0.4) is 0 Å². The fourth-order valence-electron chi connectivity index (χ4n) is 1.38. The summed E-state index contributed by atoms with van der Waals surface area (Å²) in [6.07, 6.45) is 9.80. The third kappa shape index (κ3) is 1.59. The summed E-state index contributed by atoms with van der Waals surface area (Å²) in [6.45, 7) is 0. The van der Waals surface area contributed by atoms with Gasteiger partial charge in [0.1, 0.15) is 0 Å².